The zero-order valence-electron chi connectivity index (χ0n) is 19.8. The summed E-state index contributed by atoms with van der Waals surface area (Å²) in [4.78, 5) is 40.7. The normalized spacial score (nSPS) is 23.8. The van der Waals surface area contributed by atoms with Crippen LogP contribution >= 0.6 is 0 Å². The van der Waals surface area contributed by atoms with Crippen LogP contribution in [0.15, 0.2) is 103 Å². The Morgan fingerprint density at radius 2 is 1.22 bits per heavy atom. The maximum absolute atomic E-state index is 13.7. The number of imide groups is 1. The van der Waals surface area contributed by atoms with Crippen molar-refractivity contribution in [3.8, 4) is 0 Å². The van der Waals surface area contributed by atoms with Crippen LogP contribution in [0.4, 0.5) is 5.69 Å². The van der Waals surface area contributed by atoms with Crippen molar-refractivity contribution in [2.24, 2.45) is 23.7 Å². The zero-order valence-corrected chi connectivity index (χ0v) is 19.8. The maximum Gasteiger partial charge on any atom is 0.338 e. The smallest absolute Gasteiger partial charge is 0.338 e. The van der Waals surface area contributed by atoms with Gasteiger partial charge in [0, 0.05) is 11.8 Å². The van der Waals surface area contributed by atoms with E-state index in [2.05, 4.69) is 36.4 Å². The number of rotatable bonds is 5. The molecule has 1 heterocycles. The first kappa shape index (κ1) is 22.2. The summed E-state index contributed by atoms with van der Waals surface area (Å²) in [6.07, 6.45) is 4.21. The van der Waals surface area contributed by atoms with E-state index in [1.165, 1.54) is 4.90 Å². The summed E-state index contributed by atoms with van der Waals surface area (Å²) in [5.41, 5.74) is 5.32. The standard InChI is InChI=1S/C31H25NO4/c1-2-36-31(35)21-13-15-22(16-14-21)32-29(33)27-23-17-18-24(28(27)30(32)34)26(23)25(19-9-5-3-6-10-19)20-11-7-4-8-12-20/h3-18,23-24,27-28H,2H2,1H3/t23-,24-,27-,28+/m0/s1. The fourth-order valence-electron chi connectivity index (χ4n) is 6.02. The lowest BCUT2D eigenvalue weighted by Crippen LogP contribution is -2.33. The summed E-state index contributed by atoms with van der Waals surface area (Å²) in [7, 11) is 0. The van der Waals surface area contributed by atoms with Crippen molar-refractivity contribution in [2.45, 2.75) is 6.92 Å². The molecule has 0 aromatic heterocycles. The second kappa shape index (κ2) is 8.76. The van der Waals surface area contributed by atoms with E-state index in [1.54, 1.807) is 31.2 Å². The lowest BCUT2D eigenvalue weighted by Gasteiger charge is -2.21. The van der Waals surface area contributed by atoms with E-state index < -0.39 is 17.8 Å². The lowest BCUT2D eigenvalue weighted by atomic mass is 9.85. The fourth-order valence-corrected chi connectivity index (χ4v) is 6.02. The highest BCUT2D eigenvalue weighted by molar-refractivity contribution is 6.23. The number of hydrogen-bond donors (Lipinski definition) is 0. The predicted octanol–water partition coefficient (Wildman–Crippen LogP) is 5.29. The molecule has 1 saturated carbocycles. The van der Waals surface area contributed by atoms with Gasteiger partial charge in [-0.3, -0.25) is 9.59 Å². The largest absolute Gasteiger partial charge is 0.462 e. The average molecular weight is 476 g/mol. The van der Waals surface area contributed by atoms with Gasteiger partial charge >= 0.3 is 5.97 Å². The number of allylic oxidation sites excluding steroid dienone is 3. The second-order valence-corrected chi connectivity index (χ2v) is 9.33. The van der Waals surface area contributed by atoms with Gasteiger partial charge in [-0.05, 0) is 53.5 Å². The summed E-state index contributed by atoms with van der Waals surface area (Å²) in [5, 5.41) is 0. The maximum atomic E-state index is 13.7. The number of benzene rings is 3. The monoisotopic (exact) mass is 475 g/mol. The average Bonchev–Trinajstić information content (AvgIpc) is 3.55. The number of carbonyl (C=O) groups is 3. The number of hydrogen-bond acceptors (Lipinski definition) is 4. The van der Waals surface area contributed by atoms with E-state index >= 15 is 0 Å². The van der Waals surface area contributed by atoms with Gasteiger partial charge in [0.1, 0.15) is 0 Å². The Labute approximate surface area is 209 Å². The van der Waals surface area contributed by atoms with Crippen LogP contribution in [-0.2, 0) is 14.3 Å². The third-order valence-electron chi connectivity index (χ3n) is 7.47. The first-order valence-corrected chi connectivity index (χ1v) is 12.3. The zero-order chi connectivity index (χ0) is 24.8. The number of carbonyl (C=O) groups excluding carboxylic acids is 3. The number of amides is 2. The predicted molar refractivity (Wildman–Crippen MR) is 137 cm³/mol. The molecular weight excluding hydrogens is 450 g/mol. The molecule has 0 N–H and O–H groups in total. The van der Waals surface area contributed by atoms with Crippen molar-refractivity contribution >= 4 is 29.0 Å². The van der Waals surface area contributed by atoms with Crippen molar-refractivity contribution in [3.05, 3.63) is 119 Å². The van der Waals surface area contributed by atoms with Gasteiger partial charge in [0.2, 0.25) is 11.8 Å². The molecule has 1 saturated heterocycles. The Hall–Kier alpha value is -4.25. The molecule has 2 bridgehead atoms. The van der Waals surface area contributed by atoms with E-state index in [0.29, 0.717) is 11.3 Å². The molecule has 0 unspecified atom stereocenters. The van der Waals surface area contributed by atoms with Crippen molar-refractivity contribution < 1.29 is 19.1 Å². The summed E-state index contributed by atoms with van der Waals surface area (Å²) in [5.74, 6) is -1.88. The van der Waals surface area contributed by atoms with Crippen LogP contribution < -0.4 is 4.90 Å². The number of nitrogens with zero attached hydrogens (tertiary/aromatic N) is 1. The van der Waals surface area contributed by atoms with Crippen LogP contribution in [0.2, 0.25) is 0 Å². The van der Waals surface area contributed by atoms with Crippen LogP contribution in [-0.4, -0.2) is 24.4 Å². The van der Waals surface area contributed by atoms with Gasteiger partial charge in [0.25, 0.3) is 0 Å². The van der Waals surface area contributed by atoms with Gasteiger partial charge in [0.15, 0.2) is 0 Å². The van der Waals surface area contributed by atoms with Crippen LogP contribution in [0, 0.1) is 23.7 Å². The Bertz CT molecular complexity index is 1330. The molecule has 2 amide bonds. The van der Waals surface area contributed by atoms with E-state index in [1.807, 2.05) is 36.4 Å². The van der Waals surface area contributed by atoms with Gasteiger partial charge in [-0.1, -0.05) is 72.8 Å². The molecule has 3 aromatic rings. The third-order valence-corrected chi connectivity index (χ3v) is 7.47. The molecule has 5 nitrogen and oxygen atoms in total. The molecule has 2 fully saturated rings. The van der Waals surface area contributed by atoms with Crippen molar-refractivity contribution in [3.63, 3.8) is 0 Å². The molecule has 1 aliphatic heterocycles. The highest BCUT2D eigenvalue weighted by Crippen LogP contribution is 2.58. The van der Waals surface area contributed by atoms with Crippen LogP contribution in [0.5, 0.6) is 0 Å². The summed E-state index contributed by atoms with van der Waals surface area (Å²) >= 11 is 0. The van der Waals surface area contributed by atoms with E-state index in [9.17, 15) is 14.4 Å². The first-order chi connectivity index (χ1) is 17.6. The third kappa shape index (κ3) is 3.34. The molecule has 4 atom stereocenters. The number of esters is 1. The van der Waals surface area contributed by atoms with Gasteiger partial charge in [0.05, 0.1) is 29.7 Å². The molecule has 36 heavy (non-hydrogen) atoms. The molecule has 0 spiro atoms. The Morgan fingerprint density at radius 1 is 0.722 bits per heavy atom. The first-order valence-electron chi connectivity index (χ1n) is 12.3. The molecule has 2 aliphatic carbocycles. The molecule has 3 aliphatic rings. The lowest BCUT2D eigenvalue weighted by molar-refractivity contribution is -0.122. The number of anilines is 1. The Morgan fingerprint density at radius 3 is 1.69 bits per heavy atom. The van der Waals surface area contributed by atoms with Crippen LogP contribution in [0.25, 0.3) is 5.57 Å². The van der Waals surface area contributed by atoms with Gasteiger partial charge in [-0.15, -0.1) is 0 Å². The van der Waals surface area contributed by atoms with E-state index in [0.717, 1.165) is 22.3 Å². The van der Waals surface area contributed by atoms with Crippen molar-refractivity contribution in [2.75, 3.05) is 11.5 Å². The highest BCUT2D eigenvalue weighted by Gasteiger charge is 2.62. The molecule has 0 radical (unpaired) electrons. The Kier molecular flexibility index (Phi) is 5.41. The van der Waals surface area contributed by atoms with Gasteiger partial charge in [-0.2, -0.15) is 0 Å². The topological polar surface area (TPSA) is 63.7 Å². The van der Waals surface area contributed by atoms with E-state index in [4.69, 9.17) is 4.74 Å². The number of fused-ring (bicyclic) bond motifs is 5. The van der Waals surface area contributed by atoms with Crippen molar-refractivity contribution in [1.29, 1.82) is 0 Å². The quantitative estimate of drug-likeness (QED) is 0.286. The van der Waals surface area contributed by atoms with E-state index in [-0.39, 0.29) is 30.3 Å². The van der Waals surface area contributed by atoms with Gasteiger partial charge < -0.3 is 4.74 Å². The summed E-state index contributed by atoms with van der Waals surface area (Å²) < 4.78 is 5.04. The molecule has 3 aromatic carbocycles. The fraction of sp³-hybridized carbons (Fsp3) is 0.194. The minimum atomic E-state index is -0.425. The van der Waals surface area contributed by atoms with Crippen LogP contribution in [0.3, 0.4) is 0 Å². The second-order valence-electron chi connectivity index (χ2n) is 9.33. The molecule has 6 rings (SSSR count). The minimum Gasteiger partial charge on any atom is -0.462 e. The van der Waals surface area contributed by atoms with Crippen molar-refractivity contribution in [1.82, 2.24) is 0 Å². The number of ether oxygens (including phenoxy) is 1. The van der Waals surface area contributed by atoms with Crippen LogP contribution in [0.1, 0.15) is 28.4 Å². The summed E-state index contributed by atoms with van der Waals surface area (Å²) in [6.45, 7) is 2.03. The summed E-state index contributed by atoms with van der Waals surface area (Å²) in [6, 6.07) is 26.9. The molecule has 5 heteroatoms. The minimum absolute atomic E-state index is 0.129. The highest BCUT2D eigenvalue weighted by atomic mass is 16.5. The molecule has 178 valence electrons. The SMILES string of the molecule is CCOC(=O)c1ccc(N2C(=O)[C@@H]3[C@H](C2=O)[C@H]2C=C[C@H]3C2=C(c2ccccc2)c2ccccc2)cc1. The Balaban J connectivity index is 1.39. The molecular formula is C31H25NO4. The van der Waals surface area contributed by atoms with Gasteiger partial charge in [-0.25, -0.2) is 9.69 Å².